The zero-order valence-corrected chi connectivity index (χ0v) is 17.8. The van der Waals surface area contributed by atoms with Gasteiger partial charge in [0.1, 0.15) is 0 Å². The SMILES string of the molecule is C[C@@H](N[C@H](CN1CCOCC1)c1ccccc1)C(=O)Nc1ccc(S(N)(=O)=O)cc1. The number of rotatable bonds is 8. The topological polar surface area (TPSA) is 114 Å². The highest BCUT2D eigenvalue weighted by molar-refractivity contribution is 7.89. The van der Waals surface area contributed by atoms with Crippen LogP contribution in [0.5, 0.6) is 0 Å². The third-order valence-electron chi connectivity index (χ3n) is 5.04. The van der Waals surface area contributed by atoms with Crippen molar-refractivity contribution < 1.29 is 17.9 Å². The molecule has 9 heteroatoms. The van der Waals surface area contributed by atoms with Crippen molar-refractivity contribution in [2.75, 3.05) is 38.2 Å². The first kappa shape index (κ1) is 22.4. The summed E-state index contributed by atoms with van der Waals surface area (Å²) in [5.74, 6) is -0.207. The van der Waals surface area contributed by atoms with Crippen molar-refractivity contribution in [3.63, 3.8) is 0 Å². The number of hydrogen-bond acceptors (Lipinski definition) is 6. The van der Waals surface area contributed by atoms with Crippen LogP contribution in [0.25, 0.3) is 0 Å². The molecule has 1 saturated heterocycles. The normalized spacial score (nSPS) is 17.3. The van der Waals surface area contributed by atoms with Gasteiger partial charge >= 0.3 is 0 Å². The average Bonchev–Trinajstić information content (AvgIpc) is 2.74. The third kappa shape index (κ3) is 6.35. The molecule has 1 aliphatic rings. The number of nitrogens with two attached hydrogens (primary N) is 1. The summed E-state index contributed by atoms with van der Waals surface area (Å²) in [4.78, 5) is 15.0. The second-order valence-electron chi connectivity index (χ2n) is 7.32. The first-order valence-electron chi connectivity index (χ1n) is 9.88. The summed E-state index contributed by atoms with van der Waals surface area (Å²) in [6.45, 7) is 5.74. The van der Waals surface area contributed by atoms with E-state index >= 15 is 0 Å². The number of primary sulfonamides is 1. The molecule has 2 atom stereocenters. The molecule has 3 rings (SSSR count). The Morgan fingerprint density at radius 2 is 1.73 bits per heavy atom. The summed E-state index contributed by atoms with van der Waals surface area (Å²) < 4.78 is 28.2. The van der Waals surface area contributed by atoms with Crippen molar-refractivity contribution in [1.29, 1.82) is 0 Å². The van der Waals surface area contributed by atoms with Crippen molar-refractivity contribution >= 4 is 21.6 Å². The predicted molar refractivity (Wildman–Crippen MR) is 115 cm³/mol. The number of carbonyl (C=O) groups is 1. The lowest BCUT2D eigenvalue weighted by molar-refractivity contribution is -0.118. The molecule has 0 unspecified atom stereocenters. The molecule has 1 aliphatic heterocycles. The van der Waals surface area contributed by atoms with Crippen molar-refractivity contribution in [2.45, 2.75) is 23.9 Å². The minimum Gasteiger partial charge on any atom is -0.379 e. The Bertz CT molecular complexity index is 929. The van der Waals surface area contributed by atoms with Crippen molar-refractivity contribution in [3.8, 4) is 0 Å². The number of anilines is 1. The Morgan fingerprint density at radius 1 is 1.10 bits per heavy atom. The number of sulfonamides is 1. The monoisotopic (exact) mass is 432 g/mol. The van der Waals surface area contributed by atoms with Crippen LogP contribution in [0.2, 0.25) is 0 Å². The molecule has 0 radical (unpaired) electrons. The molecular weight excluding hydrogens is 404 g/mol. The fraction of sp³-hybridized carbons (Fsp3) is 0.381. The van der Waals surface area contributed by atoms with Gasteiger partial charge in [-0.15, -0.1) is 0 Å². The lowest BCUT2D eigenvalue weighted by Gasteiger charge is -2.32. The molecule has 2 aromatic carbocycles. The summed E-state index contributed by atoms with van der Waals surface area (Å²) in [6.07, 6.45) is 0. The molecule has 8 nitrogen and oxygen atoms in total. The molecular formula is C21H28N4O4S. The molecule has 1 amide bonds. The average molecular weight is 433 g/mol. The van der Waals surface area contributed by atoms with Gasteiger partial charge in [0.2, 0.25) is 15.9 Å². The zero-order chi connectivity index (χ0) is 21.6. The van der Waals surface area contributed by atoms with Crippen molar-refractivity contribution in [2.24, 2.45) is 5.14 Å². The van der Waals surface area contributed by atoms with E-state index in [-0.39, 0.29) is 16.8 Å². The summed E-state index contributed by atoms with van der Waals surface area (Å²) >= 11 is 0. The van der Waals surface area contributed by atoms with Crippen molar-refractivity contribution in [1.82, 2.24) is 10.2 Å². The molecule has 0 bridgehead atoms. The number of nitrogens with zero attached hydrogens (tertiary/aromatic N) is 1. The minimum atomic E-state index is -3.76. The largest absolute Gasteiger partial charge is 0.379 e. The lowest BCUT2D eigenvalue weighted by Crippen LogP contribution is -2.46. The van der Waals surface area contributed by atoms with Crippen LogP contribution < -0.4 is 15.8 Å². The Balaban J connectivity index is 1.65. The standard InChI is InChI=1S/C21H28N4O4S/c1-16(21(26)24-18-7-9-19(10-8-18)30(22,27)28)23-20(17-5-3-2-4-6-17)15-25-11-13-29-14-12-25/h2-10,16,20,23H,11-15H2,1H3,(H,24,26)(H2,22,27,28)/t16-,20-/m1/s1. The molecule has 30 heavy (non-hydrogen) atoms. The van der Waals surface area contributed by atoms with E-state index < -0.39 is 16.1 Å². The zero-order valence-electron chi connectivity index (χ0n) is 17.0. The maximum atomic E-state index is 12.7. The molecule has 0 spiro atoms. The highest BCUT2D eigenvalue weighted by atomic mass is 32.2. The number of ether oxygens (including phenoxy) is 1. The van der Waals surface area contributed by atoms with E-state index in [0.29, 0.717) is 18.9 Å². The quantitative estimate of drug-likeness (QED) is 0.580. The fourth-order valence-corrected chi connectivity index (χ4v) is 3.85. The van der Waals surface area contributed by atoms with Gasteiger partial charge in [0, 0.05) is 31.4 Å². The number of morpholine rings is 1. The van der Waals surface area contributed by atoms with Crippen LogP contribution in [0.3, 0.4) is 0 Å². The minimum absolute atomic E-state index is 0.00123. The molecule has 1 heterocycles. The maximum absolute atomic E-state index is 12.7. The third-order valence-corrected chi connectivity index (χ3v) is 5.97. The van der Waals surface area contributed by atoms with Crippen LogP contribution in [0.1, 0.15) is 18.5 Å². The molecule has 0 aromatic heterocycles. The number of hydrogen-bond donors (Lipinski definition) is 3. The fourth-order valence-electron chi connectivity index (χ4n) is 3.34. The van der Waals surface area contributed by atoms with Crippen LogP contribution >= 0.6 is 0 Å². The highest BCUT2D eigenvalue weighted by Gasteiger charge is 2.23. The molecule has 162 valence electrons. The van der Waals surface area contributed by atoms with Gasteiger partial charge in [-0.3, -0.25) is 15.0 Å². The van der Waals surface area contributed by atoms with Gasteiger partial charge < -0.3 is 10.1 Å². The predicted octanol–water partition coefficient (Wildman–Crippen LogP) is 1.32. The number of amides is 1. The maximum Gasteiger partial charge on any atom is 0.241 e. The second kappa shape index (κ2) is 10.1. The summed E-state index contributed by atoms with van der Waals surface area (Å²) in [5, 5.41) is 11.3. The van der Waals surface area contributed by atoms with Gasteiger partial charge in [-0.1, -0.05) is 30.3 Å². The van der Waals surface area contributed by atoms with E-state index in [1.54, 1.807) is 0 Å². The molecule has 1 fully saturated rings. The van der Waals surface area contributed by atoms with E-state index in [4.69, 9.17) is 9.88 Å². The summed E-state index contributed by atoms with van der Waals surface area (Å²) in [5.41, 5.74) is 1.62. The molecule has 0 aliphatic carbocycles. The lowest BCUT2D eigenvalue weighted by atomic mass is 10.0. The van der Waals surface area contributed by atoms with Crippen LogP contribution in [-0.4, -0.2) is 58.1 Å². The Hall–Kier alpha value is -2.30. The number of benzene rings is 2. The van der Waals surface area contributed by atoms with Crippen LogP contribution in [-0.2, 0) is 19.6 Å². The van der Waals surface area contributed by atoms with E-state index in [1.807, 2.05) is 25.1 Å². The van der Waals surface area contributed by atoms with Crippen LogP contribution in [0.15, 0.2) is 59.5 Å². The summed E-state index contributed by atoms with van der Waals surface area (Å²) in [7, 11) is -3.76. The molecule has 4 N–H and O–H groups in total. The van der Waals surface area contributed by atoms with Gasteiger partial charge in [-0.25, -0.2) is 13.6 Å². The Kier molecular flexibility index (Phi) is 7.57. The van der Waals surface area contributed by atoms with E-state index in [1.165, 1.54) is 24.3 Å². The van der Waals surface area contributed by atoms with Crippen LogP contribution in [0.4, 0.5) is 5.69 Å². The van der Waals surface area contributed by atoms with E-state index in [2.05, 4.69) is 27.7 Å². The van der Waals surface area contributed by atoms with Gasteiger partial charge in [0.05, 0.1) is 24.2 Å². The summed E-state index contributed by atoms with van der Waals surface area (Å²) in [6, 6.07) is 15.3. The van der Waals surface area contributed by atoms with Gasteiger partial charge in [0.15, 0.2) is 0 Å². The van der Waals surface area contributed by atoms with Gasteiger partial charge in [0.25, 0.3) is 0 Å². The van der Waals surface area contributed by atoms with Crippen LogP contribution in [0, 0.1) is 0 Å². The van der Waals surface area contributed by atoms with Gasteiger partial charge in [-0.2, -0.15) is 0 Å². The highest BCUT2D eigenvalue weighted by Crippen LogP contribution is 2.17. The molecule has 2 aromatic rings. The second-order valence-corrected chi connectivity index (χ2v) is 8.88. The van der Waals surface area contributed by atoms with E-state index in [0.717, 1.165) is 25.2 Å². The number of nitrogens with one attached hydrogen (secondary N) is 2. The van der Waals surface area contributed by atoms with Gasteiger partial charge in [-0.05, 0) is 36.8 Å². The first-order valence-corrected chi connectivity index (χ1v) is 11.4. The first-order chi connectivity index (χ1) is 14.3. The molecule has 0 saturated carbocycles. The number of carbonyl (C=O) groups excluding carboxylic acids is 1. The Labute approximate surface area is 177 Å². The smallest absolute Gasteiger partial charge is 0.241 e. The van der Waals surface area contributed by atoms with Crippen molar-refractivity contribution in [3.05, 3.63) is 60.2 Å². The van der Waals surface area contributed by atoms with E-state index in [9.17, 15) is 13.2 Å². The Morgan fingerprint density at radius 3 is 2.33 bits per heavy atom.